The van der Waals surface area contributed by atoms with Crippen LogP contribution in [0.3, 0.4) is 0 Å². The summed E-state index contributed by atoms with van der Waals surface area (Å²) in [4.78, 5) is 36.5. The van der Waals surface area contributed by atoms with Crippen LogP contribution in [0.15, 0.2) is 58.4 Å². The predicted octanol–water partition coefficient (Wildman–Crippen LogP) is 1.10. The van der Waals surface area contributed by atoms with Crippen molar-refractivity contribution in [2.75, 3.05) is 39.5 Å². The van der Waals surface area contributed by atoms with Crippen LogP contribution in [-0.2, 0) is 18.3 Å². The van der Waals surface area contributed by atoms with Gasteiger partial charge in [0.05, 0.1) is 26.4 Å². The lowest BCUT2D eigenvalue weighted by molar-refractivity contribution is 0.0358. The fourth-order valence-electron chi connectivity index (χ4n) is 4.11. The smallest absolute Gasteiger partial charge is 0.332 e. The fourth-order valence-corrected chi connectivity index (χ4v) is 4.11. The van der Waals surface area contributed by atoms with Gasteiger partial charge in [-0.15, -0.1) is 10.2 Å². The fraction of sp³-hybridized carbons (Fsp3) is 0.360. The first kappa shape index (κ1) is 23.8. The van der Waals surface area contributed by atoms with E-state index in [1.165, 1.54) is 11.6 Å². The second kappa shape index (κ2) is 10.8. The highest BCUT2D eigenvalue weighted by atomic mass is 16.5. The molecule has 0 unspecified atom stereocenters. The SMILES string of the molecule is Cn1c(=O)c2nc(-c3ccc(OCCCN4CCOCC4)cc3)nnc2n(Cc2cccnc2)c1=O. The van der Waals surface area contributed by atoms with E-state index in [4.69, 9.17) is 9.47 Å². The van der Waals surface area contributed by atoms with Gasteiger partial charge in [0.2, 0.25) is 0 Å². The van der Waals surface area contributed by atoms with Gasteiger partial charge in [-0.1, -0.05) is 6.07 Å². The summed E-state index contributed by atoms with van der Waals surface area (Å²) >= 11 is 0. The Hall–Kier alpha value is -3.96. The molecule has 4 aromatic rings. The van der Waals surface area contributed by atoms with E-state index in [1.807, 2.05) is 30.3 Å². The number of aromatic nitrogens is 6. The largest absolute Gasteiger partial charge is 0.494 e. The predicted molar refractivity (Wildman–Crippen MR) is 133 cm³/mol. The van der Waals surface area contributed by atoms with Crippen LogP contribution in [0.2, 0.25) is 0 Å². The average Bonchev–Trinajstić information content (AvgIpc) is 2.93. The van der Waals surface area contributed by atoms with Crippen LogP contribution in [-0.4, -0.2) is 73.7 Å². The Kier molecular flexibility index (Phi) is 7.10. The molecule has 36 heavy (non-hydrogen) atoms. The maximum Gasteiger partial charge on any atom is 0.332 e. The van der Waals surface area contributed by atoms with Gasteiger partial charge < -0.3 is 9.47 Å². The molecular weight excluding hydrogens is 462 g/mol. The van der Waals surface area contributed by atoms with Crippen molar-refractivity contribution in [3.8, 4) is 17.1 Å². The Bertz CT molecular complexity index is 1450. The molecule has 1 saturated heterocycles. The number of hydrogen-bond acceptors (Lipinski definition) is 9. The molecule has 0 amide bonds. The van der Waals surface area contributed by atoms with Crippen molar-refractivity contribution in [1.29, 1.82) is 0 Å². The standard InChI is InChI=1S/C25H27N7O4/c1-30-24(33)21-23(32(25(30)34)17-18-4-2-9-26-16-18)29-28-22(27-21)19-5-7-20(8-6-19)36-13-3-10-31-11-14-35-15-12-31/h2,4-9,16H,3,10-15,17H2,1H3. The monoisotopic (exact) mass is 489 g/mol. The number of morpholine rings is 1. The van der Waals surface area contributed by atoms with Crippen LogP contribution in [0.25, 0.3) is 22.6 Å². The summed E-state index contributed by atoms with van der Waals surface area (Å²) in [6.07, 6.45) is 4.24. The van der Waals surface area contributed by atoms with Gasteiger partial charge in [-0.05, 0) is 42.3 Å². The highest BCUT2D eigenvalue weighted by Gasteiger charge is 2.16. The Morgan fingerprint density at radius 1 is 1.06 bits per heavy atom. The Morgan fingerprint density at radius 3 is 2.61 bits per heavy atom. The van der Waals surface area contributed by atoms with Gasteiger partial charge in [0.15, 0.2) is 17.0 Å². The zero-order valence-corrected chi connectivity index (χ0v) is 20.0. The third kappa shape index (κ3) is 5.16. The second-order valence-corrected chi connectivity index (χ2v) is 8.58. The van der Waals surface area contributed by atoms with Crippen molar-refractivity contribution in [3.63, 3.8) is 0 Å². The maximum absolute atomic E-state index is 12.8. The molecule has 0 spiro atoms. The average molecular weight is 490 g/mol. The third-order valence-corrected chi connectivity index (χ3v) is 6.12. The molecule has 0 bridgehead atoms. The van der Waals surface area contributed by atoms with Gasteiger partial charge in [-0.2, -0.15) is 0 Å². The summed E-state index contributed by atoms with van der Waals surface area (Å²) in [5.41, 5.74) is 0.692. The molecule has 4 heterocycles. The number of rotatable bonds is 8. The van der Waals surface area contributed by atoms with Crippen LogP contribution in [0.4, 0.5) is 0 Å². The molecule has 0 atom stereocenters. The van der Waals surface area contributed by atoms with E-state index in [-0.39, 0.29) is 17.7 Å². The van der Waals surface area contributed by atoms with E-state index in [1.54, 1.807) is 18.5 Å². The first-order valence-corrected chi connectivity index (χ1v) is 11.9. The van der Waals surface area contributed by atoms with E-state index < -0.39 is 11.2 Å². The van der Waals surface area contributed by atoms with E-state index in [9.17, 15) is 9.59 Å². The molecule has 1 aliphatic heterocycles. The van der Waals surface area contributed by atoms with E-state index in [0.717, 1.165) is 55.1 Å². The summed E-state index contributed by atoms with van der Waals surface area (Å²) in [6, 6.07) is 11.0. The number of fused-ring (bicyclic) bond motifs is 1. The summed E-state index contributed by atoms with van der Waals surface area (Å²) in [7, 11) is 1.43. The summed E-state index contributed by atoms with van der Waals surface area (Å²) in [6.45, 7) is 5.33. The molecule has 1 aromatic carbocycles. The quantitative estimate of drug-likeness (QED) is 0.335. The number of ether oxygens (including phenoxy) is 2. The minimum atomic E-state index is -0.520. The first-order chi connectivity index (χ1) is 17.6. The lowest BCUT2D eigenvalue weighted by atomic mass is 10.2. The van der Waals surface area contributed by atoms with E-state index >= 15 is 0 Å². The van der Waals surface area contributed by atoms with Crippen molar-refractivity contribution in [1.82, 2.24) is 34.2 Å². The van der Waals surface area contributed by atoms with Crippen molar-refractivity contribution in [3.05, 3.63) is 75.2 Å². The molecule has 0 saturated carbocycles. The number of pyridine rings is 1. The lowest BCUT2D eigenvalue weighted by Gasteiger charge is -2.26. The van der Waals surface area contributed by atoms with Gasteiger partial charge in [0, 0.05) is 44.6 Å². The molecule has 186 valence electrons. The zero-order chi connectivity index (χ0) is 24.9. The van der Waals surface area contributed by atoms with Gasteiger partial charge in [-0.25, -0.2) is 9.78 Å². The van der Waals surface area contributed by atoms with Gasteiger partial charge >= 0.3 is 5.69 Å². The minimum absolute atomic E-state index is 0.0782. The van der Waals surface area contributed by atoms with E-state index in [2.05, 4.69) is 25.1 Å². The Balaban J connectivity index is 1.33. The highest BCUT2D eigenvalue weighted by molar-refractivity contribution is 5.71. The molecule has 3 aromatic heterocycles. The number of benzene rings is 1. The van der Waals surface area contributed by atoms with E-state index in [0.29, 0.717) is 18.0 Å². The normalized spacial score (nSPS) is 14.2. The highest BCUT2D eigenvalue weighted by Crippen LogP contribution is 2.20. The minimum Gasteiger partial charge on any atom is -0.494 e. The third-order valence-electron chi connectivity index (χ3n) is 6.12. The molecule has 11 heteroatoms. The van der Waals surface area contributed by atoms with Gasteiger partial charge in [-0.3, -0.25) is 23.8 Å². The molecule has 0 N–H and O–H groups in total. The van der Waals surface area contributed by atoms with Crippen LogP contribution in [0, 0.1) is 0 Å². The number of hydrogen-bond donors (Lipinski definition) is 0. The molecule has 5 rings (SSSR count). The first-order valence-electron chi connectivity index (χ1n) is 11.9. The van der Waals surface area contributed by atoms with Gasteiger partial charge in [0.1, 0.15) is 5.75 Å². The van der Waals surface area contributed by atoms with Crippen LogP contribution >= 0.6 is 0 Å². The topological polar surface area (TPSA) is 117 Å². The molecule has 0 radical (unpaired) electrons. The maximum atomic E-state index is 12.8. The van der Waals surface area contributed by atoms with Crippen LogP contribution < -0.4 is 16.0 Å². The molecule has 1 fully saturated rings. The second-order valence-electron chi connectivity index (χ2n) is 8.58. The lowest BCUT2D eigenvalue weighted by Crippen LogP contribution is -2.39. The van der Waals surface area contributed by atoms with Crippen molar-refractivity contribution in [2.45, 2.75) is 13.0 Å². The summed E-state index contributed by atoms with van der Waals surface area (Å²) in [5, 5.41) is 8.42. The summed E-state index contributed by atoms with van der Waals surface area (Å²) < 4.78 is 13.7. The Labute approximate surface area is 207 Å². The van der Waals surface area contributed by atoms with Crippen molar-refractivity contribution < 1.29 is 9.47 Å². The van der Waals surface area contributed by atoms with Gasteiger partial charge in [0.25, 0.3) is 5.56 Å². The van der Waals surface area contributed by atoms with Crippen LogP contribution in [0.5, 0.6) is 5.75 Å². The van der Waals surface area contributed by atoms with Crippen LogP contribution in [0.1, 0.15) is 12.0 Å². The Morgan fingerprint density at radius 2 is 1.86 bits per heavy atom. The molecule has 1 aliphatic rings. The molecular formula is C25H27N7O4. The van der Waals surface area contributed by atoms with Crippen molar-refractivity contribution in [2.24, 2.45) is 7.05 Å². The number of nitrogens with zero attached hydrogens (tertiary/aromatic N) is 7. The molecule has 0 aliphatic carbocycles. The summed E-state index contributed by atoms with van der Waals surface area (Å²) in [5.74, 6) is 1.04. The van der Waals surface area contributed by atoms with Crippen molar-refractivity contribution >= 4 is 11.2 Å². The zero-order valence-electron chi connectivity index (χ0n) is 20.0. The molecule has 11 nitrogen and oxygen atoms in total.